The van der Waals surface area contributed by atoms with E-state index in [1.165, 1.54) is 7.11 Å². The van der Waals surface area contributed by atoms with Crippen molar-refractivity contribution in [1.82, 2.24) is 5.16 Å². The van der Waals surface area contributed by atoms with Crippen LogP contribution in [-0.2, 0) is 14.3 Å². The van der Waals surface area contributed by atoms with Crippen molar-refractivity contribution in [2.24, 2.45) is 5.73 Å². The summed E-state index contributed by atoms with van der Waals surface area (Å²) in [6, 6.07) is 1.99. The van der Waals surface area contributed by atoms with E-state index in [-0.39, 0.29) is 17.0 Å². The minimum absolute atomic E-state index is 0.0346. The molecule has 1 atom stereocenters. The lowest BCUT2D eigenvalue weighted by Gasteiger charge is -2.26. The first kappa shape index (κ1) is 14.7. The van der Waals surface area contributed by atoms with Gasteiger partial charge >= 0.3 is 5.97 Å². The van der Waals surface area contributed by atoms with E-state index in [1.807, 2.05) is 6.07 Å². The molecule has 7 nitrogen and oxygen atoms in total. The van der Waals surface area contributed by atoms with Gasteiger partial charge in [0.2, 0.25) is 5.88 Å². The number of aromatic nitrogens is 1. The molecule has 1 aliphatic rings. The Kier molecular flexibility index (Phi) is 3.72. The Hall–Kier alpha value is -2.75. The second-order valence-electron chi connectivity index (χ2n) is 4.62. The van der Waals surface area contributed by atoms with Crippen molar-refractivity contribution in [2.45, 2.75) is 26.7 Å². The second-order valence-corrected chi connectivity index (χ2v) is 4.62. The van der Waals surface area contributed by atoms with Gasteiger partial charge in [-0.3, -0.25) is 0 Å². The molecular formula is C14H15N3O4. The first-order valence-corrected chi connectivity index (χ1v) is 6.21. The molecule has 1 aromatic rings. The number of rotatable bonds is 2. The molecule has 21 heavy (non-hydrogen) atoms. The van der Waals surface area contributed by atoms with Crippen LogP contribution in [0, 0.1) is 25.2 Å². The van der Waals surface area contributed by atoms with E-state index in [2.05, 4.69) is 5.16 Å². The molecule has 2 N–H and O–H groups in total. The summed E-state index contributed by atoms with van der Waals surface area (Å²) in [6.07, 6.45) is 0. The number of aryl methyl sites for hydroxylation is 2. The van der Waals surface area contributed by atoms with Crippen LogP contribution in [0.3, 0.4) is 0 Å². The molecule has 1 aromatic heterocycles. The average molecular weight is 289 g/mol. The van der Waals surface area contributed by atoms with E-state index in [0.717, 1.165) is 0 Å². The molecule has 7 heteroatoms. The fourth-order valence-corrected chi connectivity index (χ4v) is 2.45. The number of hydrogen-bond donors (Lipinski definition) is 1. The molecule has 2 heterocycles. The van der Waals surface area contributed by atoms with Crippen LogP contribution in [0.5, 0.6) is 0 Å². The van der Waals surface area contributed by atoms with Gasteiger partial charge in [0, 0.05) is 5.56 Å². The van der Waals surface area contributed by atoms with Gasteiger partial charge in [0.25, 0.3) is 0 Å². The van der Waals surface area contributed by atoms with Crippen LogP contribution >= 0.6 is 0 Å². The maximum Gasteiger partial charge on any atom is 0.338 e. The molecular weight excluding hydrogens is 274 g/mol. The number of nitriles is 1. The second kappa shape index (κ2) is 5.32. The number of methoxy groups -OCH3 is 1. The van der Waals surface area contributed by atoms with Crippen molar-refractivity contribution in [3.05, 3.63) is 39.8 Å². The van der Waals surface area contributed by atoms with Crippen molar-refractivity contribution >= 4 is 5.97 Å². The van der Waals surface area contributed by atoms with Gasteiger partial charge in [-0.2, -0.15) is 5.26 Å². The van der Waals surface area contributed by atoms with Gasteiger partial charge in [0.05, 0.1) is 24.3 Å². The molecule has 0 fully saturated rings. The van der Waals surface area contributed by atoms with E-state index in [9.17, 15) is 10.1 Å². The zero-order valence-electron chi connectivity index (χ0n) is 12.2. The predicted molar refractivity (Wildman–Crippen MR) is 71.3 cm³/mol. The lowest BCUT2D eigenvalue weighted by atomic mass is 9.82. The molecule has 0 aromatic carbocycles. The average Bonchev–Trinajstić information content (AvgIpc) is 2.76. The summed E-state index contributed by atoms with van der Waals surface area (Å²) in [7, 11) is 1.26. The van der Waals surface area contributed by atoms with Crippen LogP contribution in [-0.4, -0.2) is 18.2 Å². The topological polar surface area (TPSA) is 111 Å². The summed E-state index contributed by atoms with van der Waals surface area (Å²) in [5.74, 6) is -0.523. The van der Waals surface area contributed by atoms with Gasteiger partial charge in [-0.05, 0) is 20.8 Å². The largest absolute Gasteiger partial charge is 0.466 e. The highest BCUT2D eigenvalue weighted by Gasteiger charge is 2.39. The number of carbonyl (C=O) groups is 1. The normalized spacial score (nSPS) is 18.3. The molecule has 1 aliphatic heterocycles. The Bertz CT molecular complexity index is 687. The van der Waals surface area contributed by atoms with Gasteiger partial charge in [-0.1, -0.05) is 5.16 Å². The highest BCUT2D eigenvalue weighted by molar-refractivity contribution is 5.92. The zero-order valence-corrected chi connectivity index (χ0v) is 12.2. The minimum atomic E-state index is -0.706. The highest BCUT2D eigenvalue weighted by Crippen LogP contribution is 2.41. The summed E-state index contributed by atoms with van der Waals surface area (Å²) >= 11 is 0. The van der Waals surface area contributed by atoms with Crippen molar-refractivity contribution in [2.75, 3.05) is 7.11 Å². The molecule has 0 bridgehead atoms. The molecule has 0 saturated heterocycles. The number of allylic oxidation sites excluding steroid dienone is 2. The van der Waals surface area contributed by atoms with E-state index in [4.69, 9.17) is 19.7 Å². The Balaban J connectivity index is 2.73. The van der Waals surface area contributed by atoms with Crippen LogP contribution in [0.15, 0.2) is 27.3 Å². The van der Waals surface area contributed by atoms with E-state index in [0.29, 0.717) is 22.8 Å². The van der Waals surface area contributed by atoms with Gasteiger partial charge < -0.3 is 19.7 Å². The smallest absolute Gasteiger partial charge is 0.338 e. The third kappa shape index (κ3) is 2.25. The van der Waals surface area contributed by atoms with E-state index < -0.39 is 11.9 Å². The maximum absolute atomic E-state index is 12.1. The first-order chi connectivity index (χ1) is 9.92. The number of nitrogens with two attached hydrogens (primary N) is 1. The van der Waals surface area contributed by atoms with Crippen LogP contribution in [0.1, 0.15) is 29.9 Å². The molecule has 0 spiro atoms. The van der Waals surface area contributed by atoms with Crippen molar-refractivity contribution in [3.63, 3.8) is 0 Å². The molecule has 110 valence electrons. The first-order valence-electron chi connectivity index (χ1n) is 6.21. The van der Waals surface area contributed by atoms with Crippen molar-refractivity contribution in [1.29, 1.82) is 5.26 Å². The van der Waals surface area contributed by atoms with Gasteiger partial charge in [0.15, 0.2) is 0 Å². The van der Waals surface area contributed by atoms with Gasteiger partial charge in [-0.25, -0.2) is 4.79 Å². The Morgan fingerprint density at radius 1 is 1.43 bits per heavy atom. The third-order valence-electron chi connectivity index (χ3n) is 3.39. The number of esters is 1. The summed E-state index contributed by atoms with van der Waals surface area (Å²) in [5.41, 5.74) is 7.33. The summed E-state index contributed by atoms with van der Waals surface area (Å²) < 4.78 is 15.2. The fourth-order valence-electron chi connectivity index (χ4n) is 2.45. The van der Waals surface area contributed by atoms with Crippen molar-refractivity contribution in [3.8, 4) is 6.07 Å². The fraction of sp³-hybridized carbons (Fsp3) is 0.357. The predicted octanol–water partition coefficient (Wildman–Crippen LogP) is 1.55. The molecule has 0 radical (unpaired) electrons. The Morgan fingerprint density at radius 3 is 2.57 bits per heavy atom. The van der Waals surface area contributed by atoms with E-state index >= 15 is 0 Å². The maximum atomic E-state index is 12.1. The monoisotopic (exact) mass is 289 g/mol. The SMILES string of the molecule is COC(=O)C1=C(C)OC(N)=C(C#N)C1c1c(C)noc1C. The van der Waals surface area contributed by atoms with Gasteiger partial charge in [0.1, 0.15) is 23.2 Å². The quantitative estimate of drug-likeness (QED) is 0.822. The van der Waals surface area contributed by atoms with E-state index in [1.54, 1.807) is 20.8 Å². The van der Waals surface area contributed by atoms with Crippen LogP contribution in [0.4, 0.5) is 0 Å². The summed E-state index contributed by atoms with van der Waals surface area (Å²) in [4.78, 5) is 12.1. The van der Waals surface area contributed by atoms with Gasteiger partial charge in [-0.15, -0.1) is 0 Å². The molecule has 1 unspecified atom stereocenters. The van der Waals surface area contributed by atoms with Crippen molar-refractivity contribution < 1.29 is 18.8 Å². The number of carbonyl (C=O) groups excluding carboxylic acids is 1. The standard InChI is InChI=1S/C14H15N3O4/c1-6-10(8(3)21-17-6)12-9(5-15)13(16)20-7(2)11(12)14(18)19-4/h12H,16H2,1-4H3. The summed E-state index contributed by atoms with van der Waals surface area (Å²) in [6.45, 7) is 5.04. The third-order valence-corrected chi connectivity index (χ3v) is 3.39. The number of ether oxygens (including phenoxy) is 2. The molecule has 0 saturated carbocycles. The lowest BCUT2D eigenvalue weighted by molar-refractivity contribution is -0.136. The Morgan fingerprint density at radius 2 is 2.10 bits per heavy atom. The highest BCUT2D eigenvalue weighted by atomic mass is 16.5. The van der Waals surface area contributed by atoms with Crippen LogP contribution in [0.2, 0.25) is 0 Å². The molecule has 0 aliphatic carbocycles. The molecule has 2 rings (SSSR count). The minimum Gasteiger partial charge on any atom is -0.466 e. The molecule has 0 amide bonds. The van der Waals surface area contributed by atoms with Crippen LogP contribution in [0.25, 0.3) is 0 Å². The zero-order chi connectivity index (χ0) is 15.7. The number of hydrogen-bond acceptors (Lipinski definition) is 7. The Labute approximate surface area is 121 Å². The summed E-state index contributed by atoms with van der Waals surface area (Å²) in [5, 5.41) is 13.2. The number of nitrogens with zero attached hydrogens (tertiary/aromatic N) is 2. The van der Waals surface area contributed by atoms with Crippen LogP contribution < -0.4 is 5.73 Å². The lowest BCUT2D eigenvalue weighted by Crippen LogP contribution is -2.25.